The molecule has 1 aliphatic carbocycles. The Hall–Kier alpha value is -1.14. The van der Waals surface area contributed by atoms with E-state index in [1.54, 1.807) is 4.90 Å². The molecule has 4 atom stereocenters. The molecule has 0 aromatic rings. The van der Waals surface area contributed by atoms with Crippen LogP contribution in [0.4, 0.5) is 0 Å². The van der Waals surface area contributed by atoms with Gasteiger partial charge in [0.2, 0.25) is 11.8 Å². The highest BCUT2D eigenvalue weighted by atomic mass is 16.5. The number of ether oxygens (including phenoxy) is 1. The molecule has 4 N–H and O–H groups in total. The highest BCUT2D eigenvalue weighted by Gasteiger charge is 2.37. The molecule has 2 fully saturated rings. The second kappa shape index (κ2) is 5.88. The Morgan fingerprint density at radius 1 is 1.32 bits per heavy atom. The van der Waals surface area contributed by atoms with Gasteiger partial charge < -0.3 is 21.1 Å². The summed E-state index contributed by atoms with van der Waals surface area (Å²) in [5.74, 6) is -0.148. The highest BCUT2D eigenvalue weighted by Crippen LogP contribution is 2.30. The van der Waals surface area contributed by atoms with Crippen molar-refractivity contribution < 1.29 is 14.3 Å². The van der Waals surface area contributed by atoms with Gasteiger partial charge in [-0.1, -0.05) is 6.92 Å². The third-order valence-electron chi connectivity index (χ3n) is 4.32. The van der Waals surface area contributed by atoms with Crippen LogP contribution in [0.2, 0.25) is 0 Å². The molecule has 1 saturated carbocycles. The van der Waals surface area contributed by atoms with E-state index in [0.717, 1.165) is 19.3 Å². The summed E-state index contributed by atoms with van der Waals surface area (Å²) < 4.78 is 5.23. The lowest BCUT2D eigenvalue weighted by molar-refractivity contribution is -0.151. The van der Waals surface area contributed by atoms with Crippen molar-refractivity contribution in [3.05, 3.63) is 0 Å². The SMILES string of the molecule is CC1CC(C(=O)N2CCOCC2C(N)=O)CCC1N. The van der Waals surface area contributed by atoms with Crippen molar-refractivity contribution >= 4 is 11.8 Å². The molecule has 0 aromatic heterocycles. The normalized spacial score (nSPS) is 36.0. The summed E-state index contributed by atoms with van der Waals surface area (Å²) in [4.78, 5) is 25.5. The molecule has 6 heteroatoms. The molecule has 108 valence electrons. The lowest BCUT2D eigenvalue weighted by Gasteiger charge is -2.38. The molecule has 2 amide bonds. The fraction of sp³-hybridized carbons (Fsp3) is 0.846. The molecule has 0 radical (unpaired) electrons. The molecule has 4 unspecified atom stereocenters. The molecule has 0 spiro atoms. The molecule has 1 heterocycles. The van der Waals surface area contributed by atoms with Gasteiger partial charge in [-0.15, -0.1) is 0 Å². The van der Waals surface area contributed by atoms with Gasteiger partial charge in [0.25, 0.3) is 0 Å². The molecule has 0 aromatic carbocycles. The van der Waals surface area contributed by atoms with Gasteiger partial charge in [-0.05, 0) is 25.2 Å². The van der Waals surface area contributed by atoms with Gasteiger partial charge in [0.1, 0.15) is 6.04 Å². The third-order valence-corrected chi connectivity index (χ3v) is 4.32. The van der Waals surface area contributed by atoms with Crippen LogP contribution < -0.4 is 11.5 Å². The van der Waals surface area contributed by atoms with E-state index in [1.807, 2.05) is 0 Å². The fourth-order valence-electron chi connectivity index (χ4n) is 2.98. The first kappa shape index (κ1) is 14.3. The van der Waals surface area contributed by atoms with Crippen molar-refractivity contribution in [1.29, 1.82) is 0 Å². The zero-order valence-corrected chi connectivity index (χ0v) is 11.4. The lowest BCUT2D eigenvalue weighted by Crippen LogP contribution is -2.56. The van der Waals surface area contributed by atoms with E-state index in [1.165, 1.54) is 0 Å². The first-order valence-corrected chi connectivity index (χ1v) is 6.93. The molecule has 2 rings (SSSR count). The predicted octanol–water partition coefficient (Wildman–Crippen LogP) is -0.537. The predicted molar refractivity (Wildman–Crippen MR) is 70.0 cm³/mol. The number of carbonyl (C=O) groups excluding carboxylic acids is 2. The van der Waals surface area contributed by atoms with E-state index >= 15 is 0 Å². The minimum absolute atomic E-state index is 0.0326. The van der Waals surface area contributed by atoms with Crippen LogP contribution in [-0.4, -0.2) is 48.6 Å². The van der Waals surface area contributed by atoms with Crippen LogP contribution in [0.3, 0.4) is 0 Å². The average Bonchev–Trinajstić information content (AvgIpc) is 2.41. The third kappa shape index (κ3) is 3.06. The Bertz CT molecular complexity index is 361. The number of primary amides is 1. The second-order valence-electron chi connectivity index (χ2n) is 5.68. The summed E-state index contributed by atoms with van der Waals surface area (Å²) in [5, 5.41) is 0. The highest BCUT2D eigenvalue weighted by molar-refractivity contribution is 5.88. The molecular weight excluding hydrogens is 246 g/mol. The number of amides is 2. The monoisotopic (exact) mass is 269 g/mol. The largest absolute Gasteiger partial charge is 0.377 e. The second-order valence-corrected chi connectivity index (χ2v) is 5.68. The maximum Gasteiger partial charge on any atom is 0.242 e. The quantitative estimate of drug-likeness (QED) is 0.703. The van der Waals surface area contributed by atoms with Crippen molar-refractivity contribution in [2.45, 2.75) is 38.3 Å². The van der Waals surface area contributed by atoms with Gasteiger partial charge in [0.05, 0.1) is 13.2 Å². The van der Waals surface area contributed by atoms with Gasteiger partial charge in [0, 0.05) is 18.5 Å². The van der Waals surface area contributed by atoms with Crippen LogP contribution in [0.1, 0.15) is 26.2 Å². The van der Waals surface area contributed by atoms with E-state index in [2.05, 4.69) is 6.92 Å². The Morgan fingerprint density at radius 2 is 2.05 bits per heavy atom. The Morgan fingerprint density at radius 3 is 2.68 bits per heavy atom. The van der Waals surface area contributed by atoms with Gasteiger partial charge in [-0.2, -0.15) is 0 Å². The summed E-state index contributed by atoms with van der Waals surface area (Å²) in [6.07, 6.45) is 2.46. The maximum absolute atomic E-state index is 12.5. The zero-order chi connectivity index (χ0) is 14.0. The van der Waals surface area contributed by atoms with E-state index in [4.69, 9.17) is 16.2 Å². The fourth-order valence-corrected chi connectivity index (χ4v) is 2.98. The summed E-state index contributed by atoms with van der Waals surface area (Å²) >= 11 is 0. The molecular formula is C13H23N3O3. The number of hydrogen-bond acceptors (Lipinski definition) is 4. The standard InChI is InChI=1S/C13H23N3O3/c1-8-6-9(2-3-10(8)14)13(18)16-4-5-19-7-11(16)12(15)17/h8-11H,2-7,14H2,1H3,(H2,15,17). The first-order valence-electron chi connectivity index (χ1n) is 6.93. The first-order chi connectivity index (χ1) is 9.00. The summed E-state index contributed by atoms with van der Waals surface area (Å²) in [7, 11) is 0. The molecule has 1 saturated heterocycles. The number of carbonyl (C=O) groups is 2. The van der Waals surface area contributed by atoms with Crippen molar-refractivity contribution in [3.8, 4) is 0 Å². The van der Waals surface area contributed by atoms with Crippen LogP contribution >= 0.6 is 0 Å². The minimum Gasteiger partial charge on any atom is -0.377 e. The summed E-state index contributed by atoms with van der Waals surface area (Å²) in [6, 6.07) is -0.437. The van der Waals surface area contributed by atoms with Crippen molar-refractivity contribution in [3.63, 3.8) is 0 Å². The van der Waals surface area contributed by atoms with Crippen LogP contribution in [0.15, 0.2) is 0 Å². The van der Waals surface area contributed by atoms with Crippen LogP contribution in [-0.2, 0) is 14.3 Å². The molecule has 1 aliphatic heterocycles. The number of hydrogen-bond donors (Lipinski definition) is 2. The Kier molecular flexibility index (Phi) is 4.42. The van der Waals surface area contributed by atoms with Crippen LogP contribution in [0.25, 0.3) is 0 Å². The maximum atomic E-state index is 12.5. The van der Waals surface area contributed by atoms with E-state index in [-0.39, 0.29) is 24.5 Å². The number of morpholine rings is 1. The number of nitrogens with zero attached hydrogens (tertiary/aromatic N) is 1. The summed E-state index contributed by atoms with van der Waals surface area (Å²) in [5.41, 5.74) is 11.3. The minimum atomic E-state index is -0.618. The van der Waals surface area contributed by atoms with E-state index in [0.29, 0.717) is 19.1 Å². The van der Waals surface area contributed by atoms with Gasteiger partial charge in [-0.25, -0.2) is 0 Å². The smallest absolute Gasteiger partial charge is 0.242 e. The van der Waals surface area contributed by atoms with E-state index in [9.17, 15) is 9.59 Å². The number of rotatable bonds is 2. The van der Waals surface area contributed by atoms with E-state index < -0.39 is 11.9 Å². The van der Waals surface area contributed by atoms with Crippen molar-refractivity contribution in [2.24, 2.45) is 23.3 Å². The topological polar surface area (TPSA) is 98.6 Å². The molecule has 2 aliphatic rings. The lowest BCUT2D eigenvalue weighted by atomic mass is 9.78. The summed E-state index contributed by atoms with van der Waals surface area (Å²) in [6.45, 7) is 3.21. The number of nitrogens with two attached hydrogens (primary N) is 2. The zero-order valence-electron chi connectivity index (χ0n) is 11.4. The Balaban J connectivity index is 2.03. The van der Waals surface area contributed by atoms with Crippen LogP contribution in [0.5, 0.6) is 0 Å². The average molecular weight is 269 g/mol. The van der Waals surface area contributed by atoms with Gasteiger partial charge in [-0.3, -0.25) is 9.59 Å². The van der Waals surface area contributed by atoms with Gasteiger partial charge >= 0.3 is 0 Å². The van der Waals surface area contributed by atoms with Crippen LogP contribution in [0, 0.1) is 11.8 Å². The molecule has 0 bridgehead atoms. The van der Waals surface area contributed by atoms with Crippen molar-refractivity contribution in [2.75, 3.05) is 19.8 Å². The molecule has 6 nitrogen and oxygen atoms in total. The Labute approximate surface area is 113 Å². The van der Waals surface area contributed by atoms with Crippen molar-refractivity contribution in [1.82, 2.24) is 4.90 Å². The van der Waals surface area contributed by atoms with Gasteiger partial charge in [0.15, 0.2) is 0 Å². The molecule has 19 heavy (non-hydrogen) atoms.